The lowest BCUT2D eigenvalue weighted by molar-refractivity contribution is -0.190. The zero-order chi connectivity index (χ0) is 20.0. The van der Waals surface area contributed by atoms with Crippen LogP contribution in [0.5, 0.6) is 11.5 Å². The zero-order valence-corrected chi connectivity index (χ0v) is 19.5. The van der Waals surface area contributed by atoms with E-state index < -0.39 is 0 Å². The Kier molecular flexibility index (Phi) is 5.32. The number of benzene rings is 1. The van der Waals surface area contributed by atoms with Crippen LogP contribution >= 0.6 is 31.9 Å². The fourth-order valence-corrected chi connectivity index (χ4v) is 4.81. The van der Waals surface area contributed by atoms with Crippen molar-refractivity contribution in [3.05, 3.63) is 38.9 Å². The first-order valence-corrected chi connectivity index (χ1v) is 11.4. The van der Waals surface area contributed by atoms with Gasteiger partial charge in [-0.3, -0.25) is 4.90 Å². The van der Waals surface area contributed by atoms with Crippen LogP contribution in [0.25, 0.3) is 0 Å². The van der Waals surface area contributed by atoms with Gasteiger partial charge in [0.25, 0.3) is 0 Å². The number of hydrogen-bond acceptors (Lipinski definition) is 6. The van der Waals surface area contributed by atoms with Crippen LogP contribution in [-0.4, -0.2) is 62.5 Å². The Labute approximate surface area is 187 Å². The van der Waals surface area contributed by atoms with Gasteiger partial charge in [0.1, 0.15) is 0 Å². The molecule has 2 aromatic rings. The summed E-state index contributed by atoms with van der Waals surface area (Å²) in [5.74, 6) is 2.39. The summed E-state index contributed by atoms with van der Waals surface area (Å²) in [7, 11) is 0. The first-order valence-electron chi connectivity index (χ1n) is 9.82. The summed E-state index contributed by atoms with van der Waals surface area (Å²) >= 11 is 7.09. The van der Waals surface area contributed by atoms with E-state index in [4.69, 9.17) is 14.2 Å². The molecule has 29 heavy (non-hydrogen) atoms. The van der Waals surface area contributed by atoms with Crippen LogP contribution in [0.15, 0.2) is 33.3 Å². The quantitative estimate of drug-likeness (QED) is 0.518. The number of halogens is 2. The second-order valence-electron chi connectivity index (χ2n) is 8.11. The molecule has 2 saturated heterocycles. The Morgan fingerprint density at radius 1 is 1.10 bits per heavy atom. The fraction of sp³-hybridized carbons (Fsp3) is 0.476. The minimum absolute atomic E-state index is 0.466. The van der Waals surface area contributed by atoms with Crippen molar-refractivity contribution in [2.75, 3.05) is 57.5 Å². The largest absolute Gasteiger partial charge is 0.451 e. The van der Waals surface area contributed by atoms with Gasteiger partial charge in [-0.05, 0) is 40.5 Å². The summed E-state index contributed by atoms with van der Waals surface area (Å²) in [5.41, 5.74) is 2.64. The normalized spacial score (nSPS) is 19.2. The molecule has 1 aromatic carbocycles. The van der Waals surface area contributed by atoms with Crippen LogP contribution < -0.4 is 9.64 Å². The summed E-state index contributed by atoms with van der Waals surface area (Å²) in [5, 5.41) is 0. The Bertz CT molecular complexity index is 928. The van der Waals surface area contributed by atoms with Crippen molar-refractivity contribution in [3.8, 4) is 11.5 Å². The topological polar surface area (TPSA) is 47.1 Å². The van der Waals surface area contributed by atoms with Crippen LogP contribution in [0.4, 0.5) is 11.5 Å². The molecule has 154 valence electrons. The Morgan fingerprint density at radius 3 is 2.66 bits per heavy atom. The second kappa shape index (κ2) is 7.81. The van der Waals surface area contributed by atoms with Crippen LogP contribution in [0.3, 0.4) is 0 Å². The molecule has 2 fully saturated rings. The number of nitrogens with zero attached hydrogens (tertiary/aromatic N) is 3. The standard InChI is InChI=1S/C21H23Br2N3O3/c1-14-6-17-18(8-16(14)23)29-19-7-15(22)9-24-20(19)26(17)3-5-27-4-2-25-10-21(11-25)12-28-13-21/h6-9H,2-5,10-13H2,1H3. The smallest absolute Gasteiger partial charge is 0.176 e. The molecule has 0 amide bonds. The van der Waals surface area contributed by atoms with Crippen LogP contribution in [-0.2, 0) is 9.47 Å². The van der Waals surface area contributed by atoms with Gasteiger partial charge in [-0.1, -0.05) is 15.9 Å². The molecule has 0 radical (unpaired) electrons. The summed E-state index contributed by atoms with van der Waals surface area (Å²) < 4.78 is 19.3. The predicted octanol–water partition coefficient (Wildman–Crippen LogP) is 4.51. The fourth-order valence-electron chi connectivity index (χ4n) is 4.18. The maximum atomic E-state index is 6.12. The predicted molar refractivity (Wildman–Crippen MR) is 118 cm³/mol. The molecule has 6 nitrogen and oxygen atoms in total. The number of fused-ring (bicyclic) bond motifs is 2. The summed E-state index contributed by atoms with van der Waals surface area (Å²) in [4.78, 5) is 9.23. The molecule has 0 unspecified atom stereocenters. The van der Waals surface area contributed by atoms with E-state index in [0.717, 1.165) is 83.5 Å². The number of pyridine rings is 1. The monoisotopic (exact) mass is 523 g/mol. The van der Waals surface area contributed by atoms with Crippen LogP contribution in [0, 0.1) is 12.3 Å². The molecule has 0 aliphatic carbocycles. The van der Waals surface area contributed by atoms with E-state index in [1.165, 1.54) is 0 Å². The second-order valence-corrected chi connectivity index (χ2v) is 9.88. The maximum Gasteiger partial charge on any atom is 0.176 e. The van der Waals surface area contributed by atoms with E-state index in [1.807, 2.05) is 12.1 Å². The van der Waals surface area contributed by atoms with Crippen molar-refractivity contribution in [2.24, 2.45) is 5.41 Å². The number of likely N-dealkylation sites (tertiary alicyclic amines) is 1. The van der Waals surface area contributed by atoms with Gasteiger partial charge < -0.3 is 19.1 Å². The lowest BCUT2D eigenvalue weighted by Crippen LogP contribution is -2.66. The van der Waals surface area contributed by atoms with Crippen molar-refractivity contribution >= 4 is 43.4 Å². The van der Waals surface area contributed by atoms with Gasteiger partial charge in [-0.2, -0.15) is 0 Å². The highest BCUT2D eigenvalue weighted by molar-refractivity contribution is 9.10. The molecule has 3 aliphatic heterocycles. The van der Waals surface area contributed by atoms with Gasteiger partial charge in [-0.25, -0.2) is 4.98 Å². The molecule has 0 saturated carbocycles. The van der Waals surface area contributed by atoms with Gasteiger partial charge in [0.15, 0.2) is 17.3 Å². The Hall–Kier alpha value is -1.19. The van der Waals surface area contributed by atoms with Gasteiger partial charge in [-0.15, -0.1) is 0 Å². The van der Waals surface area contributed by atoms with Crippen molar-refractivity contribution in [2.45, 2.75) is 6.92 Å². The number of ether oxygens (including phenoxy) is 3. The highest BCUT2D eigenvalue weighted by atomic mass is 79.9. The third-order valence-corrected chi connectivity index (χ3v) is 7.04. The summed E-state index contributed by atoms with van der Waals surface area (Å²) in [6.45, 7) is 9.31. The minimum atomic E-state index is 0.466. The molecule has 0 atom stereocenters. The van der Waals surface area contributed by atoms with Crippen molar-refractivity contribution < 1.29 is 14.2 Å². The highest BCUT2D eigenvalue weighted by Crippen LogP contribution is 2.47. The number of aryl methyl sites for hydroxylation is 1. The first-order chi connectivity index (χ1) is 14.0. The van der Waals surface area contributed by atoms with Gasteiger partial charge >= 0.3 is 0 Å². The molecular weight excluding hydrogens is 502 g/mol. The molecule has 0 bridgehead atoms. The molecule has 3 aliphatic rings. The molecule has 1 aromatic heterocycles. The van der Waals surface area contributed by atoms with Crippen LogP contribution in [0.1, 0.15) is 5.56 Å². The molecule has 1 spiro atoms. The number of anilines is 2. The van der Waals surface area contributed by atoms with Gasteiger partial charge in [0.2, 0.25) is 0 Å². The third-order valence-electron chi connectivity index (χ3n) is 5.75. The molecule has 5 rings (SSSR count). The lowest BCUT2D eigenvalue weighted by Gasteiger charge is -2.55. The highest BCUT2D eigenvalue weighted by Gasteiger charge is 2.48. The van der Waals surface area contributed by atoms with Gasteiger partial charge in [0, 0.05) is 52.8 Å². The average Bonchev–Trinajstić information content (AvgIpc) is 2.62. The van der Waals surface area contributed by atoms with E-state index in [1.54, 1.807) is 6.20 Å². The minimum Gasteiger partial charge on any atom is -0.451 e. The van der Waals surface area contributed by atoms with E-state index in [9.17, 15) is 0 Å². The van der Waals surface area contributed by atoms with E-state index in [-0.39, 0.29) is 0 Å². The van der Waals surface area contributed by atoms with Crippen molar-refractivity contribution in [1.82, 2.24) is 9.88 Å². The number of aromatic nitrogens is 1. The summed E-state index contributed by atoms with van der Waals surface area (Å²) in [6, 6.07) is 6.11. The third kappa shape index (κ3) is 3.81. The van der Waals surface area contributed by atoms with E-state index in [0.29, 0.717) is 12.0 Å². The first kappa shape index (κ1) is 19.8. The SMILES string of the molecule is Cc1cc2c(cc1Br)Oc1cc(Br)cnc1N2CCOCCN1CC2(COC2)C1. The zero-order valence-electron chi connectivity index (χ0n) is 16.3. The average molecular weight is 525 g/mol. The molecular formula is C21H23Br2N3O3. The van der Waals surface area contributed by atoms with Crippen molar-refractivity contribution in [1.29, 1.82) is 0 Å². The maximum absolute atomic E-state index is 6.12. The molecule has 8 heteroatoms. The summed E-state index contributed by atoms with van der Waals surface area (Å²) in [6.07, 6.45) is 1.80. The van der Waals surface area contributed by atoms with E-state index in [2.05, 4.69) is 59.6 Å². The molecule has 0 N–H and O–H groups in total. The Balaban J connectivity index is 1.22. The van der Waals surface area contributed by atoms with Crippen LogP contribution in [0.2, 0.25) is 0 Å². The van der Waals surface area contributed by atoms with E-state index >= 15 is 0 Å². The number of rotatable bonds is 6. The lowest BCUT2D eigenvalue weighted by atomic mass is 9.78. The number of hydrogen-bond donors (Lipinski definition) is 0. The Morgan fingerprint density at radius 2 is 1.90 bits per heavy atom. The molecule has 4 heterocycles. The van der Waals surface area contributed by atoms with Gasteiger partial charge in [0.05, 0.1) is 32.1 Å². The van der Waals surface area contributed by atoms with Crippen molar-refractivity contribution in [3.63, 3.8) is 0 Å².